The van der Waals surface area contributed by atoms with E-state index in [0.29, 0.717) is 11.7 Å². The van der Waals surface area contributed by atoms with Crippen molar-refractivity contribution in [3.63, 3.8) is 0 Å². The van der Waals surface area contributed by atoms with Gasteiger partial charge in [-0.3, -0.25) is 4.79 Å². The van der Waals surface area contributed by atoms with Crippen LogP contribution in [0.25, 0.3) is 0 Å². The Hall–Kier alpha value is -1.01. The molecule has 1 aromatic heterocycles. The standard InChI is InChI=1S/C8H12N4OS/c9-4-8(2-1-3-8)6(13)11-7-12-10-5-14-7/h5H,1-4,9H2,(H,11,12,13). The van der Waals surface area contributed by atoms with Gasteiger partial charge in [0.05, 0.1) is 5.41 Å². The van der Waals surface area contributed by atoms with Crippen molar-refractivity contribution in [2.24, 2.45) is 11.1 Å². The van der Waals surface area contributed by atoms with Crippen LogP contribution >= 0.6 is 11.3 Å². The fourth-order valence-corrected chi connectivity index (χ4v) is 2.02. The fraction of sp³-hybridized carbons (Fsp3) is 0.625. The van der Waals surface area contributed by atoms with Gasteiger partial charge in [-0.1, -0.05) is 17.8 Å². The van der Waals surface area contributed by atoms with E-state index in [-0.39, 0.29) is 11.3 Å². The number of rotatable bonds is 3. The van der Waals surface area contributed by atoms with Crippen molar-refractivity contribution >= 4 is 22.4 Å². The summed E-state index contributed by atoms with van der Waals surface area (Å²) in [6.07, 6.45) is 2.85. The zero-order valence-corrected chi connectivity index (χ0v) is 8.51. The minimum absolute atomic E-state index is 0.0111. The molecular weight excluding hydrogens is 200 g/mol. The summed E-state index contributed by atoms with van der Waals surface area (Å²) < 4.78 is 0. The molecule has 5 nitrogen and oxygen atoms in total. The summed E-state index contributed by atoms with van der Waals surface area (Å²) >= 11 is 1.32. The number of nitrogens with zero attached hydrogens (tertiary/aromatic N) is 2. The van der Waals surface area contributed by atoms with Crippen LogP contribution in [0.5, 0.6) is 0 Å². The van der Waals surface area contributed by atoms with Gasteiger partial charge in [0, 0.05) is 6.54 Å². The van der Waals surface area contributed by atoms with Gasteiger partial charge in [-0.25, -0.2) is 0 Å². The molecule has 1 fully saturated rings. The molecule has 2 rings (SSSR count). The van der Waals surface area contributed by atoms with E-state index in [4.69, 9.17) is 5.73 Å². The first-order valence-electron chi connectivity index (χ1n) is 4.54. The summed E-state index contributed by atoms with van der Waals surface area (Å²) in [5.74, 6) is -0.0111. The van der Waals surface area contributed by atoms with Crippen LogP contribution in [0.4, 0.5) is 5.13 Å². The highest BCUT2D eigenvalue weighted by atomic mass is 32.1. The van der Waals surface area contributed by atoms with E-state index in [1.807, 2.05) is 0 Å². The van der Waals surface area contributed by atoms with Gasteiger partial charge < -0.3 is 11.1 Å². The summed E-state index contributed by atoms with van der Waals surface area (Å²) in [4.78, 5) is 11.8. The number of carbonyl (C=O) groups is 1. The van der Waals surface area contributed by atoms with Crippen molar-refractivity contribution in [1.82, 2.24) is 10.2 Å². The van der Waals surface area contributed by atoms with E-state index < -0.39 is 0 Å². The third-order valence-electron chi connectivity index (χ3n) is 2.76. The van der Waals surface area contributed by atoms with Gasteiger partial charge in [-0.15, -0.1) is 10.2 Å². The first-order valence-corrected chi connectivity index (χ1v) is 5.42. The molecule has 0 aromatic carbocycles. The molecule has 76 valence electrons. The van der Waals surface area contributed by atoms with E-state index in [1.54, 1.807) is 5.51 Å². The lowest BCUT2D eigenvalue weighted by Gasteiger charge is -2.38. The van der Waals surface area contributed by atoms with Crippen LogP contribution in [0.15, 0.2) is 5.51 Å². The summed E-state index contributed by atoms with van der Waals surface area (Å²) in [5, 5.41) is 10.7. The number of nitrogens with two attached hydrogens (primary N) is 1. The molecule has 0 unspecified atom stereocenters. The van der Waals surface area contributed by atoms with Crippen molar-refractivity contribution in [2.75, 3.05) is 11.9 Å². The fourth-order valence-electron chi connectivity index (χ4n) is 1.58. The van der Waals surface area contributed by atoms with Gasteiger partial charge in [0.2, 0.25) is 11.0 Å². The summed E-state index contributed by atoms with van der Waals surface area (Å²) in [5.41, 5.74) is 6.85. The highest BCUT2D eigenvalue weighted by Crippen LogP contribution is 2.40. The van der Waals surface area contributed by atoms with Crippen LogP contribution < -0.4 is 11.1 Å². The Bertz CT molecular complexity index is 315. The minimum Gasteiger partial charge on any atom is -0.329 e. The lowest BCUT2D eigenvalue weighted by atomic mass is 9.68. The van der Waals surface area contributed by atoms with Crippen molar-refractivity contribution < 1.29 is 4.79 Å². The van der Waals surface area contributed by atoms with Crippen molar-refractivity contribution in [3.05, 3.63) is 5.51 Å². The number of hydrogen-bond donors (Lipinski definition) is 2. The van der Waals surface area contributed by atoms with Gasteiger partial charge >= 0.3 is 0 Å². The number of amides is 1. The largest absolute Gasteiger partial charge is 0.329 e. The molecule has 0 spiro atoms. The van der Waals surface area contributed by atoms with E-state index in [9.17, 15) is 4.79 Å². The van der Waals surface area contributed by atoms with Gasteiger partial charge in [0.1, 0.15) is 5.51 Å². The molecule has 1 heterocycles. The smallest absolute Gasteiger partial charge is 0.233 e. The molecule has 1 aromatic rings. The second-order valence-electron chi connectivity index (χ2n) is 3.54. The molecule has 0 radical (unpaired) electrons. The van der Waals surface area contributed by atoms with Crippen LogP contribution in [0.3, 0.4) is 0 Å². The third-order valence-corrected chi connectivity index (χ3v) is 3.37. The van der Waals surface area contributed by atoms with Crippen LogP contribution in [0.2, 0.25) is 0 Å². The van der Waals surface area contributed by atoms with Crippen molar-refractivity contribution in [3.8, 4) is 0 Å². The van der Waals surface area contributed by atoms with Gasteiger partial charge in [0.15, 0.2) is 0 Å². The molecule has 1 amide bonds. The third kappa shape index (κ3) is 1.51. The second-order valence-corrected chi connectivity index (χ2v) is 4.37. The summed E-state index contributed by atoms with van der Waals surface area (Å²) in [7, 11) is 0. The zero-order chi connectivity index (χ0) is 10.0. The van der Waals surface area contributed by atoms with Gasteiger partial charge in [0.25, 0.3) is 0 Å². The van der Waals surface area contributed by atoms with E-state index in [1.165, 1.54) is 11.3 Å². The summed E-state index contributed by atoms with van der Waals surface area (Å²) in [6, 6.07) is 0. The lowest BCUT2D eigenvalue weighted by Crippen LogP contribution is -2.47. The first-order chi connectivity index (χ1) is 6.77. The first kappa shape index (κ1) is 9.54. The van der Waals surface area contributed by atoms with Gasteiger partial charge in [-0.2, -0.15) is 0 Å². The van der Waals surface area contributed by atoms with Crippen LogP contribution in [-0.2, 0) is 4.79 Å². The maximum absolute atomic E-state index is 11.8. The normalized spacial score (nSPS) is 18.6. The van der Waals surface area contributed by atoms with E-state index >= 15 is 0 Å². The predicted octanol–water partition coefficient (Wildman–Crippen LogP) is 0.606. The molecule has 1 aliphatic carbocycles. The van der Waals surface area contributed by atoms with E-state index in [0.717, 1.165) is 19.3 Å². The molecule has 0 atom stereocenters. The quantitative estimate of drug-likeness (QED) is 0.769. The predicted molar refractivity (Wildman–Crippen MR) is 53.9 cm³/mol. The topological polar surface area (TPSA) is 80.9 Å². The van der Waals surface area contributed by atoms with E-state index in [2.05, 4.69) is 15.5 Å². The summed E-state index contributed by atoms with van der Waals surface area (Å²) in [6.45, 7) is 0.414. The molecule has 0 saturated heterocycles. The maximum Gasteiger partial charge on any atom is 0.233 e. The molecular formula is C8H12N4OS. The molecule has 3 N–H and O–H groups in total. The van der Waals surface area contributed by atoms with Crippen molar-refractivity contribution in [1.29, 1.82) is 0 Å². The number of hydrogen-bond acceptors (Lipinski definition) is 5. The average Bonchev–Trinajstić information content (AvgIpc) is 2.55. The molecule has 0 bridgehead atoms. The average molecular weight is 212 g/mol. The minimum atomic E-state index is -0.342. The Kier molecular flexibility index (Phi) is 2.47. The highest BCUT2D eigenvalue weighted by molar-refractivity contribution is 7.13. The molecule has 0 aliphatic heterocycles. The molecule has 6 heteroatoms. The Labute approximate surface area is 85.7 Å². The number of anilines is 1. The number of nitrogens with one attached hydrogen (secondary N) is 1. The van der Waals surface area contributed by atoms with Crippen molar-refractivity contribution in [2.45, 2.75) is 19.3 Å². The van der Waals surface area contributed by atoms with Crippen LogP contribution in [0, 0.1) is 5.41 Å². The molecule has 14 heavy (non-hydrogen) atoms. The Morgan fingerprint density at radius 2 is 2.50 bits per heavy atom. The molecule has 1 saturated carbocycles. The Balaban J connectivity index is 2.01. The highest BCUT2D eigenvalue weighted by Gasteiger charge is 2.43. The van der Waals surface area contributed by atoms with Crippen LogP contribution in [0.1, 0.15) is 19.3 Å². The van der Waals surface area contributed by atoms with Gasteiger partial charge in [-0.05, 0) is 12.8 Å². The SMILES string of the molecule is NCC1(C(=O)Nc2nncs2)CCC1. The Morgan fingerprint density at radius 1 is 1.71 bits per heavy atom. The second kappa shape index (κ2) is 3.62. The number of carbonyl (C=O) groups excluding carboxylic acids is 1. The monoisotopic (exact) mass is 212 g/mol. The Morgan fingerprint density at radius 3 is 2.93 bits per heavy atom. The molecule has 1 aliphatic rings. The maximum atomic E-state index is 11.8. The van der Waals surface area contributed by atoms with Crippen LogP contribution in [-0.4, -0.2) is 22.6 Å². The lowest BCUT2D eigenvalue weighted by molar-refractivity contribution is -0.129. The number of aromatic nitrogens is 2. The zero-order valence-electron chi connectivity index (χ0n) is 7.69.